The van der Waals surface area contributed by atoms with Crippen LogP contribution in [0.15, 0.2) is 54.6 Å². The first kappa shape index (κ1) is 19.5. The van der Waals surface area contributed by atoms with Crippen LogP contribution in [-0.4, -0.2) is 38.3 Å². The van der Waals surface area contributed by atoms with E-state index in [4.69, 9.17) is 14.5 Å². The van der Waals surface area contributed by atoms with E-state index in [0.717, 1.165) is 23.1 Å². The molecule has 2 aromatic carbocycles. The van der Waals surface area contributed by atoms with Gasteiger partial charge >= 0.3 is 5.97 Å². The van der Waals surface area contributed by atoms with E-state index in [1.54, 1.807) is 17.9 Å². The molecule has 0 unspecified atom stereocenters. The molecule has 0 aliphatic carbocycles. The molecule has 4 aromatic rings. The molecule has 0 N–H and O–H groups in total. The van der Waals surface area contributed by atoms with Gasteiger partial charge in [-0.3, -0.25) is 0 Å². The predicted octanol–water partition coefficient (Wildman–Crippen LogP) is 3.66. The Kier molecular flexibility index (Phi) is 5.65. The van der Waals surface area contributed by atoms with Crippen LogP contribution in [0, 0.1) is 0 Å². The van der Waals surface area contributed by atoms with Crippen molar-refractivity contribution in [3.63, 3.8) is 0 Å². The zero-order chi connectivity index (χ0) is 20.9. The summed E-state index contributed by atoms with van der Waals surface area (Å²) in [5, 5.41) is 12.3. The molecular weight excluding hydrogens is 382 g/mol. The van der Waals surface area contributed by atoms with Crippen molar-refractivity contribution in [2.24, 2.45) is 0 Å². The van der Waals surface area contributed by atoms with Gasteiger partial charge in [-0.15, -0.1) is 5.10 Å². The number of pyridine rings is 1. The summed E-state index contributed by atoms with van der Waals surface area (Å²) in [6, 6.07) is 16.8. The molecule has 2 aromatic heterocycles. The Morgan fingerprint density at radius 1 is 1.10 bits per heavy atom. The number of rotatable bonds is 7. The highest BCUT2D eigenvalue weighted by atomic mass is 16.5. The van der Waals surface area contributed by atoms with E-state index in [2.05, 4.69) is 15.5 Å². The van der Waals surface area contributed by atoms with E-state index >= 15 is 0 Å². The Balaban J connectivity index is 1.66. The van der Waals surface area contributed by atoms with Gasteiger partial charge in [0, 0.05) is 17.5 Å². The van der Waals surface area contributed by atoms with E-state index in [-0.39, 0.29) is 6.61 Å². The lowest BCUT2D eigenvalue weighted by Crippen LogP contribution is -2.11. The fourth-order valence-corrected chi connectivity index (χ4v) is 3.17. The van der Waals surface area contributed by atoms with E-state index in [9.17, 15) is 4.79 Å². The zero-order valence-electron chi connectivity index (χ0n) is 16.8. The summed E-state index contributed by atoms with van der Waals surface area (Å²) < 4.78 is 12.4. The summed E-state index contributed by atoms with van der Waals surface area (Å²) >= 11 is 0. The highest BCUT2D eigenvalue weighted by Gasteiger charge is 2.17. The van der Waals surface area contributed by atoms with E-state index < -0.39 is 5.97 Å². The standard InChI is InChI=1S/C22H21N5O3/c1-3-12-27-21(24-25-26-27)14-30-22(28)18-13-20(15-8-10-16(29-2)11-9-15)23-19-7-5-4-6-17(18)19/h4-11,13H,3,12,14H2,1-2H3. The van der Waals surface area contributed by atoms with Gasteiger partial charge in [0.2, 0.25) is 0 Å². The lowest BCUT2D eigenvalue weighted by atomic mass is 10.0. The van der Waals surface area contributed by atoms with Crippen LogP contribution in [0.25, 0.3) is 22.2 Å². The number of carbonyl (C=O) groups excluding carboxylic acids is 1. The van der Waals surface area contributed by atoms with Gasteiger partial charge in [0.15, 0.2) is 12.4 Å². The number of aryl methyl sites for hydroxylation is 1. The number of fused-ring (bicyclic) bond motifs is 1. The topological polar surface area (TPSA) is 92.0 Å². The molecule has 30 heavy (non-hydrogen) atoms. The Morgan fingerprint density at radius 3 is 2.67 bits per heavy atom. The number of hydrogen-bond donors (Lipinski definition) is 0. The van der Waals surface area contributed by atoms with Crippen LogP contribution in [0.2, 0.25) is 0 Å². The smallest absolute Gasteiger partial charge is 0.339 e. The van der Waals surface area contributed by atoms with Crippen LogP contribution < -0.4 is 4.74 Å². The number of benzene rings is 2. The highest BCUT2D eigenvalue weighted by molar-refractivity contribution is 6.04. The summed E-state index contributed by atoms with van der Waals surface area (Å²) in [7, 11) is 1.62. The molecule has 0 spiro atoms. The molecule has 0 fully saturated rings. The molecule has 4 rings (SSSR count). The molecule has 2 heterocycles. The maximum Gasteiger partial charge on any atom is 0.339 e. The van der Waals surface area contributed by atoms with Gasteiger partial charge < -0.3 is 9.47 Å². The Labute approximate surface area is 173 Å². The second-order valence-electron chi connectivity index (χ2n) is 6.70. The van der Waals surface area contributed by atoms with Crippen LogP contribution in [-0.2, 0) is 17.9 Å². The number of aromatic nitrogens is 5. The SMILES string of the molecule is CCCn1nnnc1COC(=O)c1cc(-c2ccc(OC)cc2)nc2ccccc12. The molecule has 0 saturated heterocycles. The van der Waals surface area contributed by atoms with Crippen molar-refractivity contribution in [3.05, 3.63) is 66.0 Å². The molecule has 0 aliphatic heterocycles. The molecule has 0 aliphatic rings. The molecule has 0 atom stereocenters. The van der Waals surface area contributed by atoms with Crippen molar-refractivity contribution < 1.29 is 14.3 Å². The van der Waals surface area contributed by atoms with E-state index in [1.165, 1.54) is 0 Å². The third kappa shape index (κ3) is 3.98. The number of ether oxygens (including phenoxy) is 2. The van der Waals surface area contributed by atoms with Gasteiger partial charge in [-0.2, -0.15) is 0 Å². The minimum Gasteiger partial charge on any atom is -0.497 e. The van der Waals surface area contributed by atoms with Crippen LogP contribution >= 0.6 is 0 Å². The van der Waals surface area contributed by atoms with Gasteiger partial charge in [-0.1, -0.05) is 25.1 Å². The Morgan fingerprint density at radius 2 is 1.90 bits per heavy atom. The van der Waals surface area contributed by atoms with E-state index in [1.807, 2.05) is 55.5 Å². The second-order valence-corrected chi connectivity index (χ2v) is 6.70. The van der Waals surface area contributed by atoms with Crippen molar-refractivity contribution in [2.45, 2.75) is 26.5 Å². The summed E-state index contributed by atoms with van der Waals surface area (Å²) in [6.45, 7) is 2.70. The largest absolute Gasteiger partial charge is 0.497 e. The molecule has 152 valence electrons. The number of carbonyl (C=O) groups is 1. The summed E-state index contributed by atoms with van der Waals surface area (Å²) in [4.78, 5) is 17.7. The average molecular weight is 403 g/mol. The summed E-state index contributed by atoms with van der Waals surface area (Å²) in [6.07, 6.45) is 0.881. The van der Waals surface area contributed by atoms with Gasteiger partial charge in [0.05, 0.1) is 23.9 Å². The van der Waals surface area contributed by atoms with Crippen LogP contribution in [0.3, 0.4) is 0 Å². The van der Waals surface area contributed by atoms with Crippen molar-refractivity contribution in [1.29, 1.82) is 0 Å². The Hall–Kier alpha value is -3.81. The fraction of sp³-hybridized carbons (Fsp3) is 0.227. The lowest BCUT2D eigenvalue weighted by molar-refractivity contribution is 0.0458. The van der Waals surface area contributed by atoms with Gasteiger partial charge in [0.1, 0.15) is 5.75 Å². The third-order valence-electron chi connectivity index (χ3n) is 4.70. The number of para-hydroxylation sites is 1. The van der Waals surface area contributed by atoms with Crippen LogP contribution in [0.1, 0.15) is 29.5 Å². The molecule has 8 heteroatoms. The normalized spacial score (nSPS) is 10.9. The highest BCUT2D eigenvalue weighted by Crippen LogP contribution is 2.27. The van der Waals surface area contributed by atoms with Crippen molar-refractivity contribution in [1.82, 2.24) is 25.2 Å². The zero-order valence-corrected chi connectivity index (χ0v) is 16.8. The summed E-state index contributed by atoms with van der Waals surface area (Å²) in [5.74, 6) is 0.817. The number of hydrogen-bond acceptors (Lipinski definition) is 7. The lowest BCUT2D eigenvalue weighted by Gasteiger charge is -2.10. The van der Waals surface area contributed by atoms with Crippen LogP contribution in [0.4, 0.5) is 0 Å². The average Bonchev–Trinajstić information content (AvgIpc) is 3.24. The molecule has 0 amide bonds. The van der Waals surface area contributed by atoms with Crippen LogP contribution in [0.5, 0.6) is 5.75 Å². The molecule has 0 radical (unpaired) electrons. The summed E-state index contributed by atoms with van der Waals surface area (Å²) in [5.41, 5.74) is 2.72. The molecule has 8 nitrogen and oxygen atoms in total. The first-order valence-corrected chi connectivity index (χ1v) is 9.66. The number of tetrazole rings is 1. The maximum atomic E-state index is 13.0. The van der Waals surface area contributed by atoms with Crippen molar-refractivity contribution >= 4 is 16.9 Å². The third-order valence-corrected chi connectivity index (χ3v) is 4.70. The van der Waals surface area contributed by atoms with Gasteiger partial charge in [-0.05, 0) is 53.2 Å². The molecular formula is C22H21N5O3. The minimum atomic E-state index is -0.450. The van der Waals surface area contributed by atoms with Gasteiger partial charge in [-0.25, -0.2) is 14.5 Å². The molecule has 0 bridgehead atoms. The van der Waals surface area contributed by atoms with Crippen molar-refractivity contribution in [3.8, 4) is 17.0 Å². The quantitative estimate of drug-likeness (QED) is 0.435. The monoisotopic (exact) mass is 403 g/mol. The number of nitrogens with zero attached hydrogens (tertiary/aromatic N) is 5. The Bertz CT molecular complexity index is 1170. The number of methoxy groups -OCH3 is 1. The first-order chi connectivity index (χ1) is 14.7. The van der Waals surface area contributed by atoms with Crippen molar-refractivity contribution in [2.75, 3.05) is 7.11 Å². The van der Waals surface area contributed by atoms with E-state index in [0.29, 0.717) is 29.1 Å². The maximum absolute atomic E-state index is 13.0. The first-order valence-electron chi connectivity index (χ1n) is 9.66. The fourth-order valence-electron chi connectivity index (χ4n) is 3.17. The number of esters is 1. The molecule has 0 saturated carbocycles. The second kappa shape index (κ2) is 8.69. The minimum absolute atomic E-state index is 0.000349. The van der Waals surface area contributed by atoms with Gasteiger partial charge in [0.25, 0.3) is 0 Å². The predicted molar refractivity (Wildman–Crippen MR) is 111 cm³/mol.